The summed E-state index contributed by atoms with van der Waals surface area (Å²) in [6.07, 6.45) is 3.61. The molecule has 0 aliphatic carbocycles. The fourth-order valence-corrected chi connectivity index (χ4v) is 3.41. The standard InChI is InChI=1S/C25H22FN3O3/c1-2-22(30)28-23-20-7-3-4-8-21(20)32-24(23)25(31)29(16-18-6-5-13-27-14-18)15-17-9-11-19(26)12-10-17/h3-14H,2,15-16H2,1H3,(H,28,30). The van der Waals surface area contributed by atoms with Gasteiger partial charge in [0.25, 0.3) is 5.91 Å². The Hall–Kier alpha value is -4.00. The van der Waals surface area contributed by atoms with Gasteiger partial charge in [-0.3, -0.25) is 14.6 Å². The fourth-order valence-electron chi connectivity index (χ4n) is 3.41. The maximum absolute atomic E-state index is 13.7. The number of para-hydroxylation sites is 1. The number of halogens is 1. The molecule has 0 bridgehead atoms. The molecule has 0 atom stereocenters. The third kappa shape index (κ3) is 4.67. The van der Waals surface area contributed by atoms with Crippen LogP contribution in [-0.4, -0.2) is 21.7 Å². The minimum atomic E-state index is -0.388. The summed E-state index contributed by atoms with van der Waals surface area (Å²) in [4.78, 5) is 31.5. The van der Waals surface area contributed by atoms with E-state index < -0.39 is 0 Å². The highest BCUT2D eigenvalue weighted by atomic mass is 19.1. The number of fused-ring (bicyclic) bond motifs is 1. The molecule has 0 saturated heterocycles. The molecule has 6 nitrogen and oxygen atoms in total. The summed E-state index contributed by atoms with van der Waals surface area (Å²) >= 11 is 0. The first-order chi connectivity index (χ1) is 15.5. The molecule has 32 heavy (non-hydrogen) atoms. The Balaban J connectivity index is 1.74. The van der Waals surface area contributed by atoms with Crippen molar-refractivity contribution in [2.75, 3.05) is 5.32 Å². The Kier molecular flexibility index (Phi) is 6.26. The van der Waals surface area contributed by atoms with Crippen molar-refractivity contribution in [3.8, 4) is 0 Å². The molecule has 7 heteroatoms. The van der Waals surface area contributed by atoms with Crippen LogP contribution >= 0.6 is 0 Å². The number of carbonyl (C=O) groups is 2. The second-order valence-electron chi connectivity index (χ2n) is 7.35. The highest BCUT2D eigenvalue weighted by Gasteiger charge is 2.26. The van der Waals surface area contributed by atoms with Crippen LogP contribution in [0.4, 0.5) is 10.1 Å². The van der Waals surface area contributed by atoms with Crippen molar-refractivity contribution in [3.63, 3.8) is 0 Å². The molecule has 4 rings (SSSR count). The Morgan fingerprint density at radius 1 is 1.00 bits per heavy atom. The number of benzene rings is 2. The summed E-state index contributed by atoms with van der Waals surface area (Å²) in [6, 6.07) is 16.8. The zero-order valence-electron chi connectivity index (χ0n) is 17.5. The van der Waals surface area contributed by atoms with E-state index in [1.807, 2.05) is 12.1 Å². The van der Waals surface area contributed by atoms with Gasteiger partial charge in [-0.1, -0.05) is 37.3 Å². The molecule has 162 valence electrons. The molecule has 2 heterocycles. The first-order valence-corrected chi connectivity index (χ1v) is 10.3. The molecule has 0 saturated carbocycles. The zero-order chi connectivity index (χ0) is 22.5. The summed E-state index contributed by atoms with van der Waals surface area (Å²) in [5.74, 6) is -0.900. The number of hydrogen-bond donors (Lipinski definition) is 1. The van der Waals surface area contributed by atoms with Gasteiger partial charge in [0.15, 0.2) is 0 Å². The van der Waals surface area contributed by atoms with E-state index in [2.05, 4.69) is 10.3 Å². The molecule has 0 spiro atoms. The molecule has 2 amide bonds. The van der Waals surface area contributed by atoms with Gasteiger partial charge in [0.2, 0.25) is 11.7 Å². The third-order valence-corrected chi connectivity index (χ3v) is 5.05. The van der Waals surface area contributed by atoms with Crippen molar-refractivity contribution in [1.82, 2.24) is 9.88 Å². The van der Waals surface area contributed by atoms with Gasteiger partial charge in [0.1, 0.15) is 17.1 Å². The first kappa shape index (κ1) is 21.2. The number of carbonyl (C=O) groups excluding carboxylic acids is 2. The lowest BCUT2D eigenvalue weighted by atomic mass is 10.1. The number of rotatable bonds is 7. The van der Waals surface area contributed by atoms with Crippen LogP contribution in [0.15, 0.2) is 77.5 Å². The van der Waals surface area contributed by atoms with Crippen LogP contribution in [0, 0.1) is 5.82 Å². The molecule has 2 aromatic heterocycles. The number of hydrogen-bond acceptors (Lipinski definition) is 4. The third-order valence-electron chi connectivity index (χ3n) is 5.05. The number of nitrogens with zero attached hydrogens (tertiary/aromatic N) is 2. The molecule has 0 radical (unpaired) electrons. The molecule has 4 aromatic rings. The summed E-state index contributed by atoms with van der Waals surface area (Å²) < 4.78 is 19.3. The molecule has 2 aromatic carbocycles. The molecule has 0 fully saturated rings. The predicted octanol–water partition coefficient (Wildman–Crippen LogP) is 5.16. The van der Waals surface area contributed by atoms with Crippen LogP contribution in [0.2, 0.25) is 0 Å². The van der Waals surface area contributed by atoms with Gasteiger partial charge in [0, 0.05) is 37.3 Å². The topological polar surface area (TPSA) is 75.4 Å². The van der Waals surface area contributed by atoms with Gasteiger partial charge < -0.3 is 14.6 Å². The van der Waals surface area contributed by atoms with Gasteiger partial charge >= 0.3 is 0 Å². The molecular weight excluding hydrogens is 409 g/mol. The minimum absolute atomic E-state index is 0.0546. The number of anilines is 1. The Labute approximate surface area is 184 Å². The largest absolute Gasteiger partial charge is 0.449 e. The predicted molar refractivity (Wildman–Crippen MR) is 119 cm³/mol. The van der Waals surface area contributed by atoms with Gasteiger partial charge in [0.05, 0.1) is 0 Å². The number of nitrogens with one attached hydrogen (secondary N) is 1. The second-order valence-corrected chi connectivity index (χ2v) is 7.35. The molecule has 0 aliphatic rings. The van der Waals surface area contributed by atoms with E-state index in [-0.39, 0.29) is 42.9 Å². The van der Waals surface area contributed by atoms with Gasteiger partial charge in [-0.05, 0) is 41.5 Å². The fraction of sp³-hybridized carbons (Fsp3) is 0.160. The maximum Gasteiger partial charge on any atom is 0.292 e. The van der Waals surface area contributed by atoms with Crippen molar-refractivity contribution in [2.24, 2.45) is 0 Å². The first-order valence-electron chi connectivity index (χ1n) is 10.3. The Morgan fingerprint density at radius 3 is 2.47 bits per heavy atom. The van der Waals surface area contributed by atoms with E-state index in [9.17, 15) is 14.0 Å². The van der Waals surface area contributed by atoms with E-state index in [0.29, 0.717) is 16.7 Å². The van der Waals surface area contributed by atoms with Gasteiger partial charge in [-0.2, -0.15) is 0 Å². The van der Waals surface area contributed by atoms with Gasteiger partial charge in [-0.25, -0.2) is 4.39 Å². The SMILES string of the molecule is CCC(=O)Nc1c(C(=O)N(Cc2ccc(F)cc2)Cc2cccnc2)oc2ccccc12. The van der Waals surface area contributed by atoms with Crippen molar-refractivity contribution < 1.29 is 18.4 Å². The number of aromatic nitrogens is 1. The number of amides is 2. The van der Waals surface area contributed by atoms with Crippen molar-refractivity contribution in [2.45, 2.75) is 26.4 Å². The Bertz CT molecular complexity index is 1240. The summed E-state index contributed by atoms with van der Waals surface area (Å²) in [6.45, 7) is 2.23. The van der Waals surface area contributed by atoms with Crippen LogP contribution in [0.5, 0.6) is 0 Å². The molecular formula is C25H22FN3O3. The van der Waals surface area contributed by atoms with Crippen LogP contribution in [0.25, 0.3) is 11.0 Å². The van der Waals surface area contributed by atoms with Crippen molar-refractivity contribution in [3.05, 3.63) is 95.8 Å². The summed E-state index contributed by atoms with van der Waals surface area (Å²) in [7, 11) is 0. The van der Waals surface area contributed by atoms with E-state index in [0.717, 1.165) is 11.1 Å². The number of furan rings is 1. The lowest BCUT2D eigenvalue weighted by Gasteiger charge is -2.22. The van der Waals surface area contributed by atoms with Crippen LogP contribution in [0.1, 0.15) is 35.0 Å². The zero-order valence-corrected chi connectivity index (χ0v) is 17.5. The smallest absolute Gasteiger partial charge is 0.292 e. The quantitative estimate of drug-likeness (QED) is 0.439. The monoisotopic (exact) mass is 431 g/mol. The van der Waals surface area contributed by atoms with Crippen LogP contribution in [-0.2, 0) is 17.9 Å². The average molecular weight is 431 g/mol. The normalized spacial score (nSPS) is 10.8. The van der Waals surface area contributed by atoms with E-state index >= 15 is 0 Å². The average Bonchev–Trinajstić information content (AvgIpc) is 3.18. The Morgan fingerprint density at radius 2 is 1.75 bits per heavy atom. The maximum atomic E-state index is 13.7. The van der Waals surface area contributed by atoms with Crippen LogP contribution < -0.4 is 5.32 Å². The lowest BCUT2D eigenvalue weighted by Crippen LogP contribution is -2.30. The second kappa shape index (κ2) is 9.43. The lowest BCUT2D eigenvalue weighted by molar-refractivity contribution is -0.115. The van der Waals surface area contributed by atoms with E-state index in [4.69, 9.17) is 4.42 Å². The summed E-state index contributed by atoms with van der Waals surface area (Å²) in [5, 5.41) is 3.47. The summed E-state index contributed by atoms with van der Waals surface area (Å²) in [5.41, 5.74) is 2.45. The highest BCUT2D eigenvalue weighted by Crippen LogP contribution is 2.32. The van der Waals surface area contributed by atoms with Crippen molar-refractivity contribution in [1.29, 1.82) is 0 Å². The minimum Gasteiger partial charge on any atom is -0.449 e. The van der Waals surface area contributed by atoms with E-state index in [1.54, 1.807) is 60.6 Å². The van der Waals surface area contributed by atoms with Gasteiger partial charge in [-0.15, -0.1) is 0 Å². The van der Waals surface area contributed by atoms with E-state index in [1.165, 1.54) is 12.1 Å². The number of pyridine rings is 1. The van der Waals surface area contributed by atoms with Crippen molar-refractivity contribution >= 4 is 28.5 Å². The molecule has 0 aliphatic heterocycles. The highest BCUT2D eigenvalue weighted by molar-refractivity contribution is 6.10. The molecule has 0 unspecified atom stereocenters. The molecule has 1 N–H and O–H groups in total. The van der Waals surface area contributed by atoms with Crippen LogP contribution in [0.3, 0.4) is 0 Å².